The molecule has 5 aromatic rings. The zero-order chi connectivity index (χ0) is 29.3. The van der Waals surface area contributed by atoms with Crippen LogP contribution in [0.2, 0.25) is 0 Å². The number of nitrogen functional groups attached to an aromatic ring is 1. The smallest absolute Gasteiger partial charge is 0.248 e. The standard InChI is InChI=1S/C31H32N6O4S/c1-35(21-22-6-4-3-5-7-22)42(38,39)29-19-24(20-33-30(29)40-2)23-8-13-27-28(18-23)37(31(32)34-27)26-11-9-25(10-12-26)36-14-16-41-17-15-36/h3-13,18-20H,14-17,21H2,1-2H3,(H2,32,34). The van der Waals surface area contributed by atoms with E-state index in [4.69, 9.17) is 15.2 Å². The monoisotopic (exact) mass is 584 g/mol. The average molecular weight is 585 g/mol. The van der Waals surface area contributed by atoms with Crippen molar-refractivity contribution in [2.24, 2.45) is 0 Å². The molecular weight excluding hydrogens is 552 g/mol. The summed E-state index contributed by atoms with van der Waals surface area (Å²) in [5, 5.41) is 0. The van der Waals surface area contributed by atoms with E-state index in [1.165, 1.54) is 11.4 Å². The molecule has 0 spiro atoms. The minimum absolute atomic E-state index is 0.00671. The van der Waals surface area contributed by atoms with Gasteiger partial charge in [-0.25, -0.2) is 18.4 Å². The molecule has 0 bridgehead atoms. The zero-order valence-corrected chi connectivity index (χ0v) is 24.3. The Hall–Kier alpha value is -4.45. The number of fused-ring (bicyclic) bond motifs is 1. The van der Waals surface area contributed by atoms with Gasteiger partial charge in [0, 0.05) is 49.8 Å². The molecule has 1 saturated heterocycles. The number of hydrogen-bond donors (Lipinski definition) is 1. The summed E-state index contributed by atoms with van der Waals surface area (Å²) in [5.74, 6) is 0.398. The molecule has 0 unspecified atom stereocenters. The maximum absolute atomic E-state index is 13.7. The SMILES string of the molecule is COc1ncc(-c2ccc3nc(N)n(-c4ccc(N5CCOCC5)cc4)c3c2)cc1S(=O)(=O)N(C)Cc1ccccc1. The topological polar surface area (TPSA) is 116 Å². The van der Waals surface area contributed by atoms with Crippen LogP contribution in [-0.2, 0) is 21.3 Å². The molecule has 1 aliphatic heterocycles. The summed E-state index contributed by atoms with van der Waals surface area (Å²) in [5.41, 5.74) is 12.2. The van der Waals surface area contributed by atoms with Gasteiger partial charge in [-0.2, -0.15) is 4.31 Å². The van der Waals surface area contributed by atoms with Crippen LogP contribution in [0.1, 0.15) is 5.56 Å². The third-order valence-electron chi connectivity index (χ3n) is 7.45. The summed E-state index contributed by atoms with van der Waals surface area (Å²) in [4.78, 5) is 11.2. The first-order valence-electron chi connectivity index (χ1n) is 13.6. The molecular formula is C31H32N6O4S. The number of ether oxygens (including phenoxy) is 2. The lowest BCUT2D eigenvalue weighted by atomic mass is 10.1. The predicted molar refractivity (Wildman–Crippen MR) is 163 cm³/mol. The van der Waals surface area contributed by atoms with Gasteiger partial charge < -0.3 is 20.1 Å². The number of morpholine rings is 1. The highest BCUT2D eigenvalue weighted by Gasteiger charge is 2.27. The van der Waals surface area contributed by atoms with E-state index in [1.54, 1.807) is 19.3 Å². The fourth-order valence-corrected chi connectivity index (χ4v) is 6.49. The van der Waals surface area contributed by atoms with Crippen LogP contribution < -0.4 is 15.4 Å². The van der Waals surface area contributed by atoms with E-state index >= 15 is 0 Å². The molecule has 3 heterocycles. The van der Waals surface area contributed by atoms with Gasteiger partial charge in [-0.1, -0.05) is 36.4 Å². The number of imidazole rings is 1. The number of hydrogen-bond acceptors (Lipinski definition) is 8. The average Bonchev–Trinajstić information content (AvgIpc) is 3.36. The third-order valence-corrected chi connectivity index (χ3v) is 9.24. The third kappa shape index (κ3) is 5.29. The first kappa shape index (κ1) is 27.7. The lowest BCUT2D eigenvalue weighted by Gasteiger charge is -2.29. The number of benzene rings is 3. The Balaban J connectivity index is 1.36. The quantitative estimate of drug-likeness (QED) is 0.287. The highest BCUT2D eigenvalue weighted by atomic mass is 32.2. The van der Waals surface area contributed by atoms with E-state index in [0.717, 1.165) is 59.8 Å². The van der Waals surface area contributed by atoms with Gasteiger partial charge in [-0.3, -0.25) is 4.57 Å². The number of aromatic nitrogens is 3. The molecule has 0 atom stereocenters. The first-order valence-corrected chi connectivity index (χ1v) is 15.0. The van der Waals surface area contributed by atoms with Gasteiger partial charge in [-0.05, 0) is 53.6 Å². The van der Waals surface area contributed by atoms with Crippen LogP contribution in [0, 0.1) is 0 Å². The lowest BCUT2D eigenvalue weighted by Crippen LogP contribution is -2.36. The molecule has 1 fully saturated rings. The van der Waals surface area contributed by atoms with Gasteiger partial charge in [0.05, 0.1) is 31.4 Å². The second-order valence-corrected chi connectivity index (χ2v) is 12.1. The molecule has 11 heteroatoms. The van der Waals surface area contributed by atoms with E-state index in [9.17, 15) is 8.42 Å². The Morgan fingerprint density at radius 2 is 1.67 bits per heavy atom. The molecule has 0 saturated carbocycles. The minimum Gasteiger partial charge on any atom is -0.480 e. The van der Waals surface area contributed by atoms with Crippen molar-refractivity contribution in [3.05, 3.63) is 90.6 Å². The maximum Gasteiger partial charge on any atom is 0.248 e. The van der Waals surface area contributed by atoms with Crippen LogP contribution in [-0.4, -0.2) is 67.7 Å². The summed E-state index contributed by atoms with van der Waals surface area (Å²) in [6.45, 7) is 3.36. The van der Waals surface area contributed by atoms with Crippen LogP contribution in [0.3, 0.4) is 0 Å². The first-order chi connectivity index (χ1) is 20.3. The summed E-state index contributed by atoms with van der Waals surface area (Å²) >= 11 is 0. The fraction of sp³-hybridized carbons (Fsp3) is 0.226. The number of methoxy groups -OCH3 is 1. The van der Waals surface area contributed by atoms with Gasteiger partial charge in [0.25, 0.3) is 0 Å². The van der Waals surface area contributed by atoms with Crippen molar-refractivity contribution >= 4 is 32.7 Å². The van der Waals surface area contributed by atoms with Crippen molar-refractivity contribution in [1.82, 2.24) is 18.8 Å². The number of pyridine rings is 1. The molecule has 2 N–H and O–H groups in total. The lowest BCUT2D eigenvalue weighted by molar-refractivity contribution is 0.122. The summed E-state index contributed by atoms with van der Waals surface area (Å²) < 4.78 is 41.4. The van der Waals surface area contributed by atoms with Gasteiger partial charge in [0.15, 0.2) is 0 Å². The molecule has 0 amide bonds. The number of anilines is 2. The van der Waals surface area contributed by atoms with E-state index in [0.29, 0.717) is 11.5 Å². The van der Waals surface area contributed by atoms with Crippen molar-refractivity contribution in [2.45, 2.75) is 11.4 Å². The summed E-state index contributed by atoms with van der Waals surface area (Å²) in [7, 11) is -0.957. The second-order valence-electron chi connectivity index (χ2n) is 10.1. The molecule has 1 aliphatic rings. The van der Waals surface area contributed by atoms with E-state index in [-0.39, 0.29) is 17.3 Å². The number of nitrogens with two attached hydrogens (primary N) is 1. The maximum atomic E-state index is 13.7. The van der Waals surface area contributed by atoms with Crippen molar-refractivity contribution in [3.63, 3.8) is 0 Å². The second kappa shape index (κ2) is 11.4. The summed E-state index contributed by atoms with van der Waals surface area (Å²) in [6.07, 6.45) is 1.61. The number of rotatable bonds is 8. The molecule has 0 radical (unpaired) electrons. The Kier molecular flexibility index (Phi) is 7.55. The van der Waals surface area contributed by atoms with E-state index in [2.05, 4.69) is 27.0 Å². The van der Waals surface area contributed by atoms with E-state index < -0.39 is 10.0 Å². The van der Waals surface area contributed by atoms with Crippen LogP contribution in [0.4, 0.5) is 11.6 Å². The summed E-state index contributed by atoms with van der Waals surface area (Å²) in [6, 6.07) is 24.9. The Morgan fingerprint density at radius 1 is 0.952 bits per heavy atom. The van der Waals surface area contributed by atoms with Crippen molar-refractivity contribution < 1.29 is 17.9 Å². The van der Waals surface area contributed by atoms with Gasteiger partial charge in [0.2, 0.25) is 21.9 Å². The Labute approximate surface area is 245 Å². The van der Waals surface area contributed by atoms with Crippen molar-refractivity contribution in [1.29, 1.82) is 0 Å². The number of nitrogens with zero attached hydrogens (tertiary/aromatic N) is 5. The molecule has 3 aromatic carbocycles. The molecule has 0 aliphatic carbocycles. The molecule has 2 aromatic heterocycles. The molecule has 6 rings (SSSR count). The van der Waals surface area contributed by atoms with Crippen molar-refractivity contribution in [3.8, 4) is 22.7 Å². The van der Waals surface area contributed by atoms with E-state index in [1.807, 2.05) is 65.2 Å². The van der Waals surface area contributed by atoms with Gasteiger partial charge in [-0.15, -0.1) is 0 Å². The molecule has 42 heavy (non-hydrogen) atoms. The highest BCUT2D eigenvalue weighted by Crippen LogP contribution is 2.33. The van der Waals surface area contributed by atoms with Gasteiger partial charge >= 0.3 is 0 Å². The zero-order valence-electron chi connectivity index (χ0n) is 23.5. The number of sulfonamides is 1. The van der Waals surface area contributed by atoms with Crippen LogP contribution in [0.25, 0.3) is 27.8 Å². The Morgan fingerprint density at radius 3 is 2.38 bits per heavy atom. The molecule has 10 nitrogen and oxygen atoms in total. The Bertz CT molecular complexity index is 1820. The molecule has 216 valence electrons. The largest absolute Gasteiger partial charge is 0.480 e. The van der Waals surface area contributed by atoms with Crippen LogP contribution in [0.15, 0.2) is 90.0 Å². The highest BCUT2D eigenvalue weighted by molar-refractivity contribution is 7.89. The fourth-order valence-electron chi connectivity index (χ4n) is 5.20. The predicted octanol–water partition coefficient (Wildman–Crippen LogP) is 4.34. The van der Waals surface area contributed by atoms with Crippen LogP contribution in [0.5, 0.6) is 5.88 Å². The van der Waals surface area contributed by atoms with Crippen molar-refractivity contribution in [2.75, 3.05) is 51.1 Å². The minimum atomic E-state index is -3.92. The normalized spacial score (nSPS) is 14.0. The van der Waals surface area contributed by atoms with Gasteiger partial charge in [0.1, 0.15) is 4.90 Å². The van der Waals surface area contributed by atoms with Crippen LogP contribution >= 0.6 is 0 Å².